The number of rotatable bonds is 5. The Bertz CT molecular complexity index is 859. The zero-order valence-electron chi connectivity index (χ0n) is 14.6. The van der Waals surface area contributed by atoms with Crippen LogP contribution in [0.1, 0.15) is 18.1 Å². The summed E-state index contributed by atoms with van der Waals surface area (Å²) in [7, 11) is -3.63. The zero-order valence-corrected chi connectivity index (χ0v) is 17.0. The maximum atomic E-state index is 12.6. The third-order valence-electron chi connectivity index (χ3n) is 3.66. The van der Waals surface area contributed by atoms with Gasteiger partial charge in [0.05, 0.1) is 11.9 Å². The highest BCUT2D eigenvalue weighted by Crippen LogP contribution is 2.24. The molecule has 0 aliphatic carbocycles. The van der Waals surface area contributed by atoms with Gasteiger partial charge in [0.15, 0.2) is 0 Å². The number of hydrogen-bond donors (Lipinski definition) is 1. The van der Waals surface area contributed by atoms with Crippen LogP contribution in [0.4, 0.5) is 11.4 Å². The highest BCUT2D eigenvalue weighted by atomic mass is 79.9. The van der Waals surface area contributed by atoms with Gasteiger partial charge < -0.3 is 5.32 Å². The van der Waals surface area contributed by atoms with Gasteiger partial charge in [-0.15, -0.1) is 0 Å². The minimum atomic E-state index is -3.63. The highest BCUT2D eigenvalue weighted by Gasteiger charge is 2.29. The minimum Gasteiger partial charge on any atom is -0.324 e. The lowest BCUT2D eigenvalue weighted by Gasteiger charge is -2.28. The van der Waals surface area contributed by atoms with E-state index < -0.39 is 22.0 Å². The van der Waals surface area contributed by atoms with E-state index in [1.54, 1.807) is 43.3 Å². The summed E-state index contributed by atoms with van der Waals surface area (Å²) in [5.41, 5.74) is 2.96. The summed E-state index contributed by atoms with van der Waals surface area (Å²) in [5, 5.41) is 2.75. The van der Waals surface area contributed by atoms with Crippen molar-refractivity contribution in [1.82, 2.24) is 0 Å². The van der Waals surface area contributed by atoms with Crippen molar-refractivity contribution in [2.75, 3.05) is 15.9 Å². The summed E-state index contributed by atoms with van der Waals surface area (Å²) < 4.78 is 26.7. The first kappa shape index (κ1) is 19.5. The fraction of sp³-hybridized carbons (Fsp3) is 0.278. The minimum absolute atomic E-state index is 0.396. The molecule has 134 valence electrons. The molecule has 0 heterocycles. The molecule has 25 heavy (non-hydrogen) atoms. The number of aryl methyl sites for hydroxylation is 2. The monoisotopic (exact) mass is 424 g/mol. The summed E-state index contributed by atoms with van der Waals surface area (Å²) in [4.78, 5) is 12.6. The Kier molecular flexibility index (Phi) is 5.90. The first-order chi connectivity index (χ1) is 11.6. The van der Waals surface area contributed by atoms with Crippen molar-refractivity contribution in [1.29, 1.82) is 0 Å². The average Bonchev–Trinajstić information content (AvgIpc) is 2.47. The normalized spacial score (nSPS) is 12.5. The van der Waals surface area contributed by atoms with Crippen molar-refractivity contribution in [2.24, 2.45) is 0 Å². The fourth-order valence-electron chi connectivity index (χ4n) is 2.67. The number of nitrogens with one attached hydrogen (secondary N) is 1. The van der Waals surface area contributed by atoms with Crippen molar-refractivity contribution < 1.29 is 13.2 Å². The molecule has 2 rings (SSSR count). The zero-order chi connectivity index (χ0) is 18.8. The standard InChI is InChI=1S/C18H21BrN2O3S/c1-12-9-13(2)11-17(10-12)21(25(4,23)24)14(3)18(22)20-16-7-5-15(19)6-8-16/h5-11,14H,1-4H3,(H,20,22). The van der Waals surface area contributed by atoms with Crippen molar-refractivity contribution >= 4 is 43.2 Å². The van der Waals surface area contributed by atoms with Crippen molar-refractivity contribution in [3.8, 4) is 0 Å². The number of amides is 1. The predicted molar refractivity (Wildman–Crippen MR) is 105 cm³/mol. The van der Waals surface area contributed by atoms with Gasteiger partial charge in [0.2, 0.25) is 15.9 Å². The van der Waals surface area contributed by atoms with E-state index in [-0.39, 0.29) is 0 Å². The smallest absolute Gasteiger partial charge is 0.247 e. The van der Waals surface area contributed by atoms with E-state index in [9.17, 15) is 13.2 Å². The van der Waals surface area contributed by atoms with Crippen LogP contribution in [-0.4, -0.2) is 26.6 Å². The van der Waals surface area contributed by atoms with Gasteiger partial charge >= 0.3 is 0 Å². The van der Waals surface area contributed by atoms with Crippen LogP contribution in [0.5, 0.6) is 0 Å². The van der Waals surface area contributed by atoms with Gasteiger partial charge in [-0.25, -0.2) is 8.42 Å². The van der Waals surface area contributed by atoms with Crippen LogP contribution in [0, 0.1) is 13.8 Å². The van der Waals surface area contributed by atoms with Crippen LogP contribution in [0.25, 0.3) is 0 Å². The quantitative estimate of drug-likeness (QED) is 0.791. The molecule has 0 radical (unpaired) electrons. The van der Waals surface area contributed by atoms with Crippen molar-refractivity contribution in [3.05, 3.63) is 58.1 Å². The molecule has 0 saturated heterocycles. The van der Waals surface area contributed by atoms with E-state index >= 15 is 0 Å². The van der Waals surface area contributed by atoms with Gasteiger partial charge in [0.1, 0.15) is 6.04 Å². The van der Waals surface area contributed by atoms with E-state index in [1.165, 1.54) is 0 Å². The number of carbonyl (C=O) groups excluding carboxylic acids is 1. The van der Waals surface area contributed by atoms with Gasteiger partial charge in [-0.2, -0.15) is 0 Å². The molecule has 1 N–H and O–H groups in total. The molecular formula is C18H21BrN2O3S. The van der Waals surface area contributed by atoms with Gasteiger partial charge in [0, 0.05) is 10.2 Å². The molecule has 1 amide bonds. The van der Waals surface area contributed by atoms with Crippen LogP contribution in [0.3, 0.4) is 0 Å². The summed E-state index contributed by atoms with van der Waals surface area (Å²) in [6, 6.07) is 11.7. The van der Waals surface area contributed by atoms with Crippen LogP contribution in [0.15, 0.2) is 46.9 Å². The topological polar surface area (TPSA) is 66.5 Å². The van der Waals surface area contributed by atoms with E-state index in [0.29, 0.717) is 11.4 Å². The number of carbonyl (C=O) groups is 1. The molecule has 0 aliphatic rings. The second kappa shape index (κ2) is 7.58. The predicted octanol–water partition coefficient (Wildman–Crippen LogP) is 3.86. The number of hydrogen-bond acceptors (Lipinski definition) is 3. The average molecular weight is 425 g/mol. The molecular weight excluding hydrogens is 404 g/mol. The fourth-order valence-corrected chi connectivity index (χ4v) is 4.09. The molecule has 0 saturated carbocycles. The maximum Gasteiger partial charge on any atom is 0.247 e. The second-order valence-corrected chi connectivity index (χ2v) is 8.85. The van der Waals surface area contributed by atoms with Crippen LogP contribution in [-0.2, 0) is 14.8 Å². The molecule has 1 atom stereocenters. The largest absolute Gasteiger partial charge is 0.324 e. The number of nitrogens with zero attached hydrogens (tertiary/aromatic N) is 1. The molecule has 2 aromatic rings. The Morgan fingerprint density at radius 1 is 1.08 bits per heavy atom. The maximum absolute atomic E-state index is 12.6. The van der Waals surface area contributed by atoms with Gasteiger partial charge in [-0.3, -0.25) is 9.10 Å². The summed E-state index contributed by atoms with van der Waals surface area (Å²) in [6.45, 7) is 5.36. The Balaban J connectivity index is 2.34. The third-order valence-corrected chi connectivity index (χ3v) is 5.43. The number of halogens is 1. The Morgan fingerprint density at radius 3 is 2.08 bits per heavy atom. The molecule has 0 spiro atoms. The lowest BCUT2D eigenvalue weighted by Crippen LogP contribution is -2.45. The third kappa shape index (κ3) is 5.06. The Labute approximate surface area is 157 Å². The van der Waals surface area contributed by atoms with Crippen LogP contribution in [0.2, 0.25) is 0 Å². The molecule has 1 unspecified atom stereocenters. The first-order valence-corrected chi connectivity index (χ1v) is 10.4. The Hall–Kier alpha value is -1.86. The van der Waals surface area contributed by atoms with E-state index in [2.05, 4.69) is 21.2 Å². The molecule has 7 heteroatoms. The molecule has 0 fully saturated rings. The second-order valence-electron chi connectivity index (χ2n) is 6.08. The lowest BCUT2D eigenvalue weighted by atomic mass is 10.1. The van der Waals surface area contributed by atoms with E-state index in [0.717, 1.165) is 26.2 Å². The number of anilines is 2. The van der Waals surface area contributed by atoms with Gasteiger partial charge in [-0.05, 0) is 68.3 Å². The highest BCUT2D eigenvalue weighted by molar-refractivity contribution is 9.10. The molecule has 0 aromatic heterocycles. The molecule has 2 aromatic carbocycles. The molecule has 5 nitrogen and oxygen atoms in total. The van der Waals surface area contributed by atoms with E-state index in [1.807, 2.05) is 19.9 Å². The van der Waals surface area contributed by atoms with Gasteiger partial charge in [-0.1, -0.05) is 22.0 Å². The van der Waals surface area contributed by atoms with Crippen molar-refractivity contribution in [3.63, 3.8) is 0 Å². The van der Waals surface area contributed by atoms with Crippen LogP contribution < -0.4 is 9.62 Å². The summed E-state index contributed by atoms with van der Waals surface area (Å²) in [6.07, 6.45) is 1.11. The summed E-state index contributed by atoms with van der Waals surface area (Å²) in [5.74, 6) is -0.396. The first-order valence-electron chi connectivity index (χ1n) is 7.72. The molecule has 0 bridgehead atoms. The van der Waals surface area contributed by atoms with Crippen molar-refractivity contribution in [2.45, 2.75) is 26.8 Å². The number of benzene rings is 2. The SMILES string of the molecule is Cc1cc(C)cc(N(C(C)C(=O)Nc2ccc(Br)cc2)S(C)(=O)=O)c1. The molecule has 0 aliphatic heterocycles. The summed E-state index contributed by atoms with van der Waals surface area (Å²) >= 11 is 3.33. The van der Waals surface area contributed by atoms with E-state index in [4.69, 9.17) is 0 Å². The van der Waals surface area contributed by atoms with Crippen LogP contribution >= 0.6 is 15.9 Å². The Morgan fingerprint density at radius 2 is 1.60 bits per heavy atom. The lowest BCUT2D eigenvalue weighted by molar-refractivity contribution is -0.116. The number of sulfonamides is 1. The van der Waals surface area contributed by atoms with Gasteiger partial charge in [0.25, 0.3) is 0 Å².